The topological polar surface area (TPSA) is 77.5 Å². The molecule has 6 heteroatoms. The van der Waals surface area contributed by atoms with Crippen molar-refractivity contribution >= 4 is 22.5 Å². The lowest BCUT2D eigenvalue weighted by Crippen LogP contribution is -2.63. The van der Waals surface area contributed by atoms with Crippen molar-refractivity contribution in [1.29, 1.82) is 0 Å². The molecule has 1 aliphatic carbocycles. The molecule has 1 saturated heterocycles. The van der Waals surface area contributed by atoms with Gasteiger partial charge in [-0.2, -0.15) is 0 Å². The molecule has 2 heterocycles. The van der Waals surface area contributed by atoms with Crippen molar-refractivity contribution in [3.05, 3.63) is 71.9 Å². The number of benzene rings is 2. The molecule has 3 aromatic rings. The number of nitrogens with zero attached hydrogens (tertiary/aromatic N) is 2. The molecule has 1 amide bonds. The van der Waals surface area contributed by atoms with Crippen LogP contribution in [0.2, 0.25) is 0 Å². The summed E-state index contributed by atoms with van der Waals surface area (Å²) in [5, 5.41) is 19.5. The van der Waals surface area contributed by atoms with Gasteiger partial charge in [-0.3, -0.25) is 9.69 Å². The van der Waals surface area contributed by atoms with Crippen LogP contribution in [0.4, 0.5) is 5.82 Å². The van der Waals surface area contributed by atoms with E-state index in [0.29, 0.717) is 6.04 Å². The molecule has 0 unspecified atom stereocenters. The van der Waals surface area contributed by atoms with Gasteiger partial charge in [0, 0.05) is 30.7 Å². The first-order valence-corrected chi connectivity index (χ1v) is 11.9. The largest absolute Gasteiger partial charge is 0.385 e. The van der Waals surface area contributed by atoms with Crippen molar-refractivity contribution in [3.8, 4) is 0 Å². The second-order valence-corrected chi connectivity index (χ2v) is 9.58. The third-order valence-electron chi connectivity index (χ3n) is 7.22. The Bertz CT molecular complexity index is 1120. The number of aryl methyl sites for hydroxylation is 1. The molecule has 2 fully saturated rings. The minimum Gasteiger partial charge on any atom is -0.385 e. The Hall–Kier alpha value is -2.96. The lowest BCUT2D eigenvalue weighted by atomic mass is 9.76. The number of anilines is 1. The Morgan fingerprint density at radius 3 is 2.64 bits per heavy atom. The van der Waals surface area contributed by atoms with E-state index in [-0.39, 0.29) is 18.5 Å². The van der Waals surface area contributed by atoms with Gasteiger partial charge in [-0.25, -0.2) is 4.98 Å². The minimum atomic E-state index is -0.698. The SMILES string of the molecule is Cc1ccc2ccnc(NCC(=O)NC3CN([C@H]4CC[C@@](O)(c5ccccc5)CC4)C3)c2c1. The maximum Gasteiger partial charge on any atom is 0.239 e. The molecule has 33 heavy (non-hydrogen) atoms. The maximum absolute atomic E-state index is 12.5. The lowest BCUT2D eigenvalue weighted by Gasteiger charge is -2.48. The van der Waals surface area contributed by atoms with Gasteiger partial charge < -0.3 is 15.7 Å². The normalized spacial score (nSPS) is 23.8. The van der Waals surface area contributed by atoms with Gasteiger partial charge in [0.05, 0.1) is 18.2 Å². The molecule has 1 aromatic heterocycles. The van der Waals surface area contributed by atoms with Gasteiger partial charge in [0.25, 0.3) is 0 Å². The van der Waals surface area contributed by atoms with Gasteiger partial charge in [-0.15, -0.1) is 0 Å². The zero-order valence-electron chi connectivity index (χ0n) is 19.1. The molecule has 3 N–H and O–H groups in total. The molecule has 1 saturated carbocycles. The van der Waals surface area contributed by atoms with Gasteiger partial charge in [0.1, 0.15) is 5.82 Å². The van der Waals surface area contributed by atoms with E-state index in [4.69, 9.17) is 0 Å². The van der Waals surface area contributed by atoms with Crippen LogP contribution in [0.3, 0.4) is 0 Å². The van der Waals surface area contributed by atoms with Crippen LogP contribution in [-0.4, -0.2) is 52.6 Å². The Balaban J connectivity index is 1.07. The van der Waals surface area contributed by atoms with Crippen LogP contribution in [-0.2, 0) is 10.4 Å². The second kappa shape index (κ2) is 9.12. The van der Waals surface area contributed by atoms with Crippen LogP contribution in [0.5, 0.6) is 0 Å². The van der Waals surface area contributed by atoms with Crippen LogP contribution >= 0.6 is 0 Å². The summed E-state index contributed by atoms with van der Waals surface area (Å²) in [5.41, 5.74) is 1.50. The number of amides is 1. The molecular formula is C27H32N4O2. The average molecular weight is 445 g/mol. The monoisotopic (exact) mass is 444 g/mol. The number of pyridine rings is 1. The predicted octanol–water partition coefficient (Wildman–Crippen LogP) is 3.59. The minimum absolute atomic E-state index is 0.00629. The Labute approximate surface area is 195 Å². The average Bonchev–Trinajstić information content (AvgIpc) is 2.81. The van der Waals surface area contributed by atoms with E-state index in [2.05, 4.69) is 45.6 Å². The van der Waals surface area contributed by atoms with E-state index < -0.39 is 5.60 Å². The molecule has 0 bridgehead atoms. The third kappa shape index (κ3) is 4.72. The van der Waals surface area contributed by atoms with Gasteiger partial charge in [0.2, 0.25) is 5.91 Å². The van der Waals surface area contributed by atoms with Crippen LogP contribution in [0, 0.1) is 6.92 Å². The highest BCUT2D eigenvalue weighted by Gasteiger charge is 2.40. The Morgan fingerprint density at radius 1 is 1.12 bits per heavy atom. The van der Waals surface area contributed by atoms with Crippen molar-refractivity contribution in [1.82, 2.24) is 15.2 Å². The lowest BCUT2D eigenvalue weighted by molar-refractivity contribution is -0.121. The van der Waals surface area contributed by atoms with E-state index >= 15 is 0 Å². The highest BCUT2D eigenvalue weighted by molar-refractivity contribution is 5.93. The molecule has 6 nitrogen and oxygen atoms in total. The summed E-state index contributed by atoms with van der Waals surface area (Å²) in [5.74, 6) is 0.739. The Kier molecular flexibility index (Phi) is 6.04. The number of fused-ring (bicyclic) bond motifs is 1. The first-order chi connectivity index (χ1) is 16.0. The number of hydrogen-bond donors (Lipinski definition) is 3. The quantitative estimate of drug-likeness (QED) is 0.542. The number of carbonyl (C=O) groups is 1. The molecule has 2 aromatic carbocycles. The summed E-state index contributed by atoms with van der Waals surface area (Å²) in [6.07, 6.45) is 5.32. The standard InChI is InChI=1S/C27H32N4O2/c1-19-7-8-20-11-14-28-26(24(20)15-19)29-16-25(32)30-22-17-31(18-22)23-9-12-27(33,13-10-23)21-5-3-2-4-6-21/h2-8,11,14-15,22-23,33H,9-10,12-13,16-18H2,1H3,(H,28,29)(H,30,32)/t23-,27-. The fraction of sp³-hybridized carbons (Fsp3) is 0.407. The number of carbonyl (C=O) groups excluding carboxylic acids is 1. The molecule has 2 aliphatic rings. The summed E-state index contributed by atoms with van der Waals surface area (Å²) < 4.78 is 0. The van der Waals surface area contributed by atoms with E-state index in [9.17, 15) is 9.90 Å². The van der Waals surface area contributed by atoms with E-state index in [0.717, 1.165) is 60.9 Å². The van der Waals surface area contributed by atoms with Crippen LogP contribution in [0.15, 0.2) is 60.8 Å². The highest BCUT2D eigenvalue weighted by Crippen LogP contribution is 2.39. The summed E-state index contributed by atoms with van der Waals surface area (Å²) in [7, 11) is 0. The predicted molar refractivity (Wildman–Crippen MR) is 131 cm³/mol. The highest BCUT2D eigenvalue weighted by atomic mass is 16.3. The van der Waals surface area contributed by atoms with Gasteiger partial charge >= 0.3 is 0 Å². The zero-order chi connectivity index (χ0) is 22.8. The fourth-order valence-electron chi connectivity index (χ4n) is 5.25. The molecule has 0 radical (unpaired) electrons. The van der Waals surface area contributed by atoms with Crippen molar-refractivity contribution in [2.75, 3.05) is 25.0 Å². The molecule has 172 valence electrons. The first-order valence-electron chi connectivity index (χ1n) is 11.9. The molecule has 1 aliphatic heterocycles. The number of rotatable bonds is 6. The first kappa shape index (κ1) is 21.9. The van der Waals surface area contributed by atoms with Crippen LogP contribution < -0.4 is 10.6 Å². The molecule has 5 rings (SSSR count). The summed E-state index contributed by atoms with van der Waals surface area (Å²) in [6, 6.07) is 18.9. The smallest absolute Gasteiger partial charge is 0.239 e. The van der Waals surface area contributed by atoms with Gasteiger partial charge in [-0.05, 0) is 55.7 Å². The van der Waals surface area contributed by atoms with Crippen molar-refractivity contribution in [2.24, 2.45) is 0 Å². The second-order valence-electron chi connectivity index (χ2n) is 9.58. The van der Waals surface area contributed by atoms with Crippen molar-refractivity contribution in [3.63, 3.8) is 0 Å². The maximum atomic E-state index is 12.5. The summed E-state index contributed by atoms with van der Waals surface area (Å²) >= 11 is 0. The Morgan fingerprint density at radius 2 is 1.88 bits per heavy atom. The van der Waals surface area contributed by atoms with E-state index in [1.807, 2.05) is 36.4 Å². The number of nitrogens with one attached hydrogen (secondary N) is 2. The van der Waals surface area contributed by atoms with Crippen molar-refractivity contribution in [2.45, 2.75) is 50.3 Å². The van der Waals surface area contributed by atoms with Crippen molar-refractivity contribution < 1.29 is 9.90 Å². The molecular weight excluding hydrogens is 412 g/mol. The summed E-state index contributed by atoms with van der Waals surface area (Å²) in [4.78, 5) is 19.4. The van der Waals surface area contributed by atoms with Gasteiger partial charge in [0.15, 0.2) is 0 Å². The zero-order valence-corrected chi connectivity index (χ0v) is 19.1. The number of hydrogen-bond acceptors (Lipinski definition) is 5. The van der Waals surface area contributed by atoms with E-state index in [1.54, 1.807) is 6.20 Å². The molecule has 0 spiro atoms. The molecule has 0 atom stereocenters. The van der Waals surface area contributed by atoms with Crippen LogP contribution in [0.25, 0.3) is 10.8 Å². The fourth-order valence-corrected chi connectivity index (χ4v) is 5.25. The number of aromatic nitrogens is 1. The third-order valence-corrected chi connectivity index (χ3v) is 7.22. The van der Waals surface area contributed by atoms with Gasteiger partial charge in [-0.1, -0.05) is 48.0 Å². The number of aliphatic hydroxyl groups is 1. The van der Waals surface area contributed by atoms with Crippen LogP contribution in [0.1, 0.15) is 36.8 Å². The number of likely N-dealkylation sites (tertiary alicyclic amines) is 1. The van der Waals surface area contributed by atoms with E-state index in [1.165, 1.54) is 5.56 Å². The summed E-state index contributed by atoms with van der Waals surface area (Å²) in [6.45, 7) is 4.03.